The lowest BCUT2D eigenvalue weighted by Gasteiger charge is -2.24. The molecule has 1 atom stereocenters. The van der Waals surface area contributed by atoms with Crippen LogP contribution in [-0.2, 0) is 6.54 Å². The van der Waals surface area contributed by atoms with E-state index in [2.05, 4.69) is 29.0 Å². The lowest BCUT2D eigenvalue weighted by atomic mass is 10.0. The van der Waals surface area contributed by atoms with Gasteiger partial charge in [-0.25, -0.2) is 0 Å². The van der Waals surface area contributed by atoms with Gasteiger partial charge in [0.15, 0.2) is 0 Å². The van der Waals surface area contributed by atoms with Crippen LogP contribution in [0.1, 0.15) is 32.4 Å². The topological polar surface area (TPSA) is 48.1 Å². The molecule has 102 valence electrons. The molecule has 0 saturated carbocycles. The van der Waals surface area contributed by atoms with Crippen LogP contribution in [0.25, 0.3) is 0 Å². The van der Waals surface area contributed by atoms with E-state index >= 15 is 0 Å². The smallest absolute Gasteiger partial charge is 0.304 e. The standard InChI is InChI=1S/C13H23N3OS/c1-10(2)6-11-7-16(5-3-4-14-11)8-12-9-18-13(17)15-12/h9-11,14H,3-8H2,1-2H3,(H,15,17). The maximum atomic E-state index is 11.1. The Morgan fingerprint density at radius 3 is 3.06 bits per heavy atom. The van der Waals surface area contributed by atoms with E-state index in [4.69, 9.17) is 0 Å². The van der Waals surface area contributed by atoms with Gasteiger partial charge in [0.05, 0.1) is 0 Å². The van der Waals surface area contributed by atoms with Crippen LogP contribution < -0.4 is 10.2 Å². The molecule has 5 heteroatoms. The second kappa shape index (κ2) is 6.50. The van der Waals surface area contributed by atoms with Gasteiger partial charge < -0.3 is 10.3 Å². The van der Waals surface area contributed by atoms with Crippen LogP contribution in [0.3, 0.4) is 0 Å². The van der Waals surface area contributed by atoms with Crippen LogP contribution >= 0.6 is 11.3 Å². The maximum Gasteiger partial charge on any atom is 0.304 e. The Morgan fingerprint density at radius 1 is 1.56 bits per heavy atom. The van der Waals surface area contributed by atoms with Gasteiger partial charge in [-0.2, -0.15) is 0 Å². The van der Waals surface area contributed by atoms with E-state index in [-0.39, 0.29) is 4.87 Å². The molecule has 1 unspecified atom stereocenters. The fourth-order valence-electron chi connectivity index (χ4n) is 2.58. The molecule has 1 fully saturated rings. The number of nitrogens with zero attached hydrogens (tertiary/aromatic N) is 1. The first-order chi connectivity index (χ1) is 8.63. The first kappa shape index (κ1) is 13.8. The Balaban J connectivity index is 1.92. The molecule has 1 saturated heterocycles. The van der Waals surface area contributed by atoms with Crippen molar-refractivity contribution in [1.82, 2.24) is 15.2 Å². The van der Waals surface area contributed by atoms with Crippen molar-refractivity contribution in [3.05, 3.63) is 20.7 Å². The third-order valence-corrected chi connectivity index (χ3v) is 4.00. The van der Waals surface area contributed by atoms with Crippen molar-refractivity contribution in [2.24, 2.45) is 5.92 Å². The largest absolute Gasteiger partial charge is 0.315 e. The second-order valence-electron chi connectivity index (χ2n) is 5.54. The molecule has 2 N–H and O–H groups in total. The Labute approximate surface area is 112 Å². The number of rotatable bonds is 4. The van der Waals surface area contributed by atoms with Crippen molar-refractivity contribution in [3.8, 4) is 0 Å². The van der Waals surface area contributed by atoms with E-state index in [1.807, 2.05) is 5.38 Å². The SMILES string of the molecule is CC(C)CC1CN(Cc2csc(=O)[nH]2)CCCN1. The quantitative estimate of drug-likeness (QED) is 0.874. The second-order valence-corrected chi connectivity index (χ2v) is 6.38. The molecule has 1 aromatic rings. The molecule has 0 aliphatic carbocycles. The Morgan fingerprint density at radius 2 is 2.39 bits per heavy atom. The van der Waals surface area contributed by atoms with Gasteiger partial charge in [0.2, 0.25) is 0 Å². The lowest BCUT2D eigenvalue weighted by Crippen LogP contribution is -2.38. The normalized spacial score (nSPS) is 22.3. The van der Waals surface area contributed by atoms with Crippen LogP contribution in [0.5, 0.6) is 0 Å². The van der Waals surface area contributed by atoms with Crippen molar-refractivity contribution in [3.63, 3.8) is 0 Å². The molecule has 18 heavy (non-hydrogen) atoms. The molecule has 1 aromatic heterocycles. The van der Waals surface area contributed by atoms with Gasteiger partial charge in [0.1, 0.15) is 0 Å². The average molecular weight is 269 g/mol. The minimum atomic E-state index is 0.0525. The summed E-state index contributed by atoms with van der Waals surface area (Å²) in [5.41, 5.74) is 1.05. The summed E-state index contributed by atoms with van der Waals surface area (Å²) in [6.07, 6.45) is 2.40. The predicted octanol–water partition coefficient (Wildman–Crippen LogP) is 1.65. The number of hydrogen-bond acceptors (Lipinski definition) is 4. The summed E-state index contributed by atoms with van der Waals surface area (Å²) in [5, 5.41) is 5.57. The van der Waals surface area contributed by atoms with Crippen LogP contribution in [0.4, 0.5) is 0 Å². The highest BCUT2D eigenvalue weighted by molar-refractivity contribution is 7.07. The van der Waals surface area contributed by atoms with Gasteiger partial charge in [-0.3, -0.25) is 9.69 Å². The first-order valence-corrected chi connectivity index (χ1v) is 7.64. The summed E-state index contributed by atoms with van der Waals surface area (Å²) in [4.78, 5) is 16.5. The Hall–Kier alpha value is -0.650. The molecule has 0 radical (unpaired) electrons. The molecule has 4 nitrogen and oxygen atoms in total. The summed E-state index contributed by atoms with van der Waals surface area (Å²) in [6.45, 7) is 8.71. The van der Waals surface area contributed by atoms with Crippen molar-refractivity contribution >= 4 is 11.3 Å². The average Bonchev–Trinajstić information content (AvgIpc) is 2.56. The molecular formula is C13H23N3OS. The highest BCUT2D eigenvalue weighted by Gasteiger charge is 2.18. The predicted molar refractivity (Wildman–Crippen MR) is 76.1 cm³/mol. The minimum absolute atomic E-state index is 0.0525. The van der Waals surface area contributed by atoms with Gasteiger partial charge in [0.25, 0.3) is 0 Å². The van der Waals surface area contributed by atoms with Gasteiger partial charge in [0, 0.05) is 30.2 Å². The number of hydrogen-bond donors (Lipinski definition) is 2. The Kier molecular flexibility index (Phi) is 4.97. The van der Waals surface area contributed by atoms with E-state index < -0.39 is 0 Å². The monoisotopic (exact) mass is 269 g/mol. The van der Waals surface area contributed by atoms with E-state index in [1.165, 1.54) is 24.2 Å². The van der Waals surface area contributed by atoms with Crippen molar-refractivity contribution in [2.75, 3.05) is 19.6 Å². The molecule has 0 aromatic carbocycles. The van der Waals surface area contributed by atoms with Gasteiger partial charge in [-0.15, -0.1) is 0 Å². The van der Waals surface area contributed by atoms with E-state index in [0.717, 1.165) is 37.8 Å². The summed E-state index contributed by atoms with van der Waals surface area (Å²) in [7, 11) is 0. The highest BCUT2D eigenvalue weighted by Crippen LogP contribution is 2.12. The molecule has 0 bridgehead atoms. The van der Waals surface area contributed by atoms with Crippen molar-refractivity contribution in [2.45, 2.75) is 39.3 Å². The number of aromatic nitrogens is 1. The van der Waals surface area contributed by atoms with Gasteiger partial charge >= 0.3 is 4.87 Å². The summed E-state index contributed by atoms with van der Waals surface area (Å²) in [5.74, 6) is 0.725. The molecule has 0 spiro atoms. The van der Waals surface area contributed by atoms with Crippen LogP contribution in [-0.4, -0.2) is 35.6 Å². The van der Waals surface area contributed by atoms with Crippen LogP contribution in [0.15, 0.2) is 10.2 Å². The van der Waals surface area contributed by atoms with Gasteiger partial charge in [-0.1, -0.05) is 25.2 Å². The summed E-state index contributed by atoms with van der Waals surface area (Å²) >= 11 is 1.26. The molecule has 0 amide bonds. The number of aromatic amines is 1. The summed E-state index contributed by atoms with van der Waals surface area (Å²) < 4.78 is 0. The van der Waals surface area contributed by atoms with E-state index in [0.29, 0.717) is 6.04 Å². The maximum absolute atomic E-state index is 11.1. The highest BCUT2D eigenvalue weighted by atomic mass is 32.1. The van der Waals surface area contributed by atoms with E-state index in [1.54, 1.807) is 0 Å². The lowest BCUT2D eigenvalue weighted by molar-refractivity contribution is 0.245. The third-order valence-electron chi connectivity index (χ3n) is 3.28. The zero-order valence-electron chi connectivity index (χ0n) is 11.2. The molecule has 2 rings (SSSR count). The number of nitrogens with one attached hydrogen (secondary N) is 2. The number of thiazole rings is 1. The van der Waals surface area contributed by atoms with Crippen molar-refractivity contribution in [1.29, 1.82) is 0 Å². The van der Waals surface area contributed by atoms with Crippen molar-refractivity contribution < 1.29 is 0 Å². The van der Waals surface area contributed by atoms with E-state index in [9.17, 15) is 4.79 Å². The van der Waals surface area contributed by atoms with Gasteiger partial charge in [-0.05, 0) is 31.8 Å². The Bertz CT molecular complexity index is 412. The fourth-order valence-corrected chi connectivity index (χ4v) is 3.15. The van der Waals surface area contributed by atoms with Crippen LogP contribution in [0.2, 0.25) is 0 Å². The molecule has 1 aliphatic heterocycles. The zero-order chi connectivity index (χ0) is 13.0. The zero-order valence-corrected chi connectivity index (χ0v) is 12.1. The molecule has 1 aliphatic rings. The minimum Gasteiger partial charge on any atom is -0.315 e. The van der Waals surface area contributed by atoms with Crippen LogP contribution in [0, 0.1) is 5.92 Å². The molecular weight excluding hydrogens is 246 g/mol. The number of H-pyrrole nitrogens is 1. The third kappa shape index (κ3) is 4.23. The fraction of sp³-hybridized carbons (Fsp3) is 0.769. The first-order valence-electron chi connectivity index (χ1n) is 6.76. The molecule has 2 heterocycles. The summed E-state index contributed by atoms with van der Waals surface area (Å²) in [6, 6.07) is 0.581.